The Morgan fingerprint density at radius 1 is 1.40 bits per heavy atom. The second kappa shape index (κ2) is 5.81. The van der Waals surface area contributed by atoms with E-state index in [1.165, 1.54) is 28.5 Å². The molecule has 1 aromatic rings. The highest BCUT2D eigenvalue weighted by Gasteiger charge is 2.00. The minimum Gasteiger partial charge on any atom is -0.481 e. The number of aliphatic carboxylic acids is 1. The van der Waals surface area contributed by atoms with E-state index in [-0.39, 0.29) is 5.75 Å². The maximum atomic E-state index is 10.3. The van der Waals surface area contributed by atoms with Gasteiger partial charge in [0.15, 0.2) is 0 Å². The summed E-state index contributed by atoms with van der Waals surface area (Å²) in [5.41, 5.74) is 3.88. The first kappa shape index (κ1) is 12.1. The predicted molar refractivity (Wildman–Crippen MR) is 64.6 cm³/mol. The van der Waals surface area contributed by atoms with Gasteiger partial charge in [-0.25, -0.2) is 0 Å². The van der Waals surface area contributed by atoms with Gasteiger partial charge in [-0.1, -0.05) is 23.8 Å². The van der Waals surface area contributed by atoms with E-state index >= 15 is 0 Å². The molecule has 0 saturated carbocycles. The van der Waals surface area contributed by atoms with Crippen molar-refractivity contribution in [1.82, 2.24) is 0 Å². The highest BCUT2D eigenvalue weighted by atomic mass is 32.2. The summed E-state index contributed by atoms with van der Waals surface area (Å²) in [6.07, 6.45) is 0.950. The van der Waals surface area contributed by atoms with Crippen LogP contribution in [0.2, 0.25) is 0 Å². The number of carbonyl (C=O) groups is 1. The van der Waals surface area contributed by atoms with Crippen LogP contribution in [0.3, 0.4) is 0 Å². The summed E-state index contributed by atoms with van der Waals surface area (Å²) in [6.45, 7) is 4.17. The summed E-state index contributed by atoms with van der Waals surface area (Å²) in [4.78, 5) is 10.3. The molecule has 0 spiro atoms. The van der Waals surface area contributed by atoms with Gasteiger partial charge in [-0.3, -0.25) is 4.79 Å². The van der Waals surface area contributed by atoms with Crippen molar-refractivity contribution in [2.24, 2.45) is 0 Å². The molecule has 0 atom stereocenters. The minimum atomic E-state index is -0.735. The van der Waals surface area contributed by atoms with Crippen LogP contribution in [0.25, 0.3) is 0 Å². The third-order valence-electron chi connectivity index (χ3n) is 2.25. The van der Waals surface area contributed by atoms with Gasteiger partial charge in [0.2, 0.25) is 0 Å². The zero-order chi connectivity index (χ0) is 11.3. The fourth-order valence-electron chi connectivity index (χ4n) is 1.41. The first-order chi connectivity index (χ1) is 7.09. The maximum absolute atomic E-state index is 10.3. The molecule has 0 saturated heterocycles. The lowest BCUT2D eigenvalue weighted by Crippen LogP contribution is -2.00. The molecule has 0 fully saturated rings. The molecule has 0 aliphatic rings. The molecular formula is C12H16O2S. The Bertz CT molecular complexity index is 347. The summed E-state index contributed by atoms with van der Waals surface area (Å²) in [5.74, 6) is 0.336. The number of carboxylic acids is 1. The number of hydrogen-bond acceptors (Lipinski definition) is 2. The van der Waals surface area contributed by atoms with Crippen molar-refractivity contribution in [2.75, 3.05) is 11.5 Å². The van der Waals surface area contributed by atoms with Crippen LogP contribution in [0.5, 0.6) is 0 Å². The molecule has 1 N–H and O–H groups in total. The zero-order valence-electron chi connectivity index (χ0n) is 9.12. The molecule has 0 bridgehead atoms. The molecule has 0 aliphatic heterocycles. The van der Waals surface area contributed by atoms with Crippen LogP contribution in [-0.4, -0.2) is 22.6 Å². The first-order valence-electron chi connectivity index (χ1n) is 4.95. The van der Waals surface area contributed by atoms with Crippen LogP contribution >= 0.6 is 11.8 Å². The van der Waals surface area contributed by atoms with E-state index in [0.29, 0.717) is 0 Å². The lowest BCUT2D eigenvalue weighted by molar-refractivity contribution is -0.133. The summed E-state index contributed by atoms with van der Waals surface area (Å²) in [6, 6.07) is 6.40. The van der Waals surface area contributed by atoms with Gasteiger partial charge in [-0.05, 0) is 37.1 Å². The lowest BCUT2D eigenvalue weighted by atomic mass is 10.0. The van der Waals surface area contributed by atoms with E-state index < -0.39 is 5.97 Å². The Labute approximate surface area is 94.7 Å². The molecule has 0 radical (unpaired) electrons. The van der Waals surface area contributed by atoms with Crippen LogP contribution in [0.4, 0.5) is 0 Å². The normalized spacial score (nSPS) is 10.3. The topological polar surface area (TPSA) is 37.3 Å². The van der Waals surface area contributed by atoms with Crippen molar-refractivity contribution in [3.63, 3.8) is 0 Å². The van der Waals surface area contributed by atoms with E-state index in [4.69, 9.17) is 5.11 Å². The molecule has 3 heteroatoms. The molecule has 0 amide bonds. The van der Waals surface area contributed by atoms with E-state index in [1.54, 1.807) is 0 Å². The number of hydrogen-bond donors (Lipinski definition) is 1. The molecule has 0 aromatic heterocycles. The molecule has 1 aromatic carbocycles. The maximum Gasteiger partial charge on any atom is 0.313 e. The van der Waals surface area contributed by atoms with Crippen molar-refractivity contribution in [3.05, 3.63) is 34.9 Å². The van der Waals surface area contributed by atoms with Gasteiger partial charge in [0.25, 0.3) is 0 Å². The summed E-state index contributed by atoms with van der Waals surface area (Å²) < 4.78 is 0. The third-order valence-corrected chi connectivity index (χ3v) is 3.19. The predicted octanol–water partition coefficient (Wildman–Crippen LogP) is 2.66. The molecule has 82 valence electrons. The van der Waals surface area contributed by atoms with Gasteiger partial charge in [0.05, 0.1) is 5.75 Å². The second-order valence-corrected chi connectivity index (χ2v) is 4.73. The Hall–Kier alpha value is -0.960. The Kier molecular flexibility index (Phi) is 4.69. The summed E-state index contributed by atoms with van der Waals surface area (Å²) in [7, 11) is 0. The highest BCUT2D eigenvalue weighted by Crippen LogP contribution is 2.13. The van der Waals surface area contributed by atoms with Crippen LogP contribution in [0.15, 0.2) is 18.2 Å². The van der Waals surface area contributed by atoms with Crippen LogP contribution in [0.1, 0.15) is 16.7 Å². The molecule has 2 nitrogen and oxygen atoms in total. The number of rotatable bonds is 5. The number of aryl methyl sites for hydroxylation is 3. The Balaban J connectivity index is 2.43. The number of benzene rings is 1. The van der Waals surface area contributed by atoms with Crippen LogP contribution in [-0.2, 0) is 11.2 Å². The number of thioether (sulfide) groups is 1. The minimum absolute atomic E-state index is 0.199. The molecule has 1 rings (SSSR count). The fourth-order valence-corrected chi connectivity index (χ4v) is 2.09. The van der Waals surface area contributed by atoms with E-state index in [9.17, 15) is 4.79 Å². The fraction of sp³-hybridized carbons (Fsp3) is 0.417. The molecule has 0 heterocycles. The van der Waals surface area contributed by atoms with Crippen molar-refractivity contribution in [2.45, 2.75) is 20.3 Å². The standard InChI is InChI=1S/C12H16O2S/c1-9-3-4-10(2)11(7-9)5-6-15-8-12(13)14/h3-4,7H,5-6,8H2,1-2H3,(H,13,14). The third kappa shape index (κ3) is 4.38. The quantitative estimate of drug-likeness (QED) is 0.781. The molecular weight excluding hydrogens is 208 g/mol. The second-order valence-electron chi connectivity index (χ2n) is 3.63. The average Bonchev–Trinajstić information content (AvgIpc) is 2.17. The highest BCUT2D eigenvalue weighted by molar-refractivity contribution is 7.99. The van der Waals surface area contributed by atoms with Gasteiger partial charge in [-0.15, -0.1) is 11.8 Å². The Morgan fingerprint density at radius 3 is 2.80 bits per heavy atom. The molecule has 0 aliphatic carbocycles. The zero-order valence-corrected chi connectivity index (χ0v) is 9.93. The SMILES string of the molecule is Cc1ccc(C)c(CCSCC(=O)O)c1. The van der Waals surface area contributed by atoms with E-state index in [2.05, 4.69) is 32.0 Å². The monoisotopic (exact) mass is 224 g/mol. The van der Waals surface area contributed by atoms with Gasteiger partial charge in [-0.2, -0.15) is 0 Å². The van der Waals surface area contributed by atoms with Gasteiger partial charge >= 0.3 is 5.97 Å². The lowest BCUT2D eigenvalue weighted by Gasteiger charge is -2.06. The van der Waals surface area contributed by atoms with Crippen LogP contribution < -0.4 is 0 Å². The van der Waals surface area contributed by atoms with Gasteiger partial charge in [0, 0.05) is 0 Å². The molecule has 15 heavy (non-hydrogen) atoms. The van der Waals surface area contributed by atoms with Crippen molar-refractivity contribution in [1.29, 1.82) is 0 Å². The van der Waals surface area contributed by atoms with Crippen molar-refractivity contribution in [3.8, 4) is 0 Å². The first-order valence-corrected chi connectivity index (χ1v) is 6.10. The Morgan fingerprint density at radius 2 is 2.13 bits per heavy atom. The largest absolute Gasteiger partial charge is 0.481 e. The van der Waals surface area contributed by atoms with Crippen LogP contribution in [0, 0.1) is 13.8 Å². The van der Waals surface area contributed by atoms with Crippen molar-refractivity contribution < 1.29 is 9.90 Å². The molecule has 0 unspecified atom stereocenters. The average molecular weight is 224 g/mol. The smallest absolute Gasteiger partial charge is 0.313 e. The number of carboxylic acid groups (broad SMARTS) is 1. The summed E-state index contributed by atoms with van der Waals surface area (Å²) in [5, 5.41) is 8.49. The van der Waals surface area contributed by atoms with Crippen molar-refractivity contribution >= 4 is 17.7 Å². The van der Waals surface area contributed by atoms with Gasteiger partial charge in [0.1, 0.15) is 0 Å². The van der Waals surface area contributed by atoms with E-state index in [0.717, 1.165) is 12.2 Å². The van der Waals surface area contributed by atoms with E-state index in [1.807, 2.05) is 0 Å². The van der Waals surface area contributed by atoms with Gasteiger partial charge < -0.3 is 5.11 Å². The summed E-state index contributed by atoms with van der Waals surface area (Å²) >= 11 is 1.47.